The molecule has 0 atom stereocenters. The molecule has 1 heterocycles. The Hall–Kier alpha value is -2.53. The first-order valence-electron chi connectivity index (χ1n) is 9.00. The van der Waals surface area contributed by atoms with E-state index in [0.717, 1.165) is 48.7 Å². The zero-order valence-electron chi connectivity index (χ0n) is 15.4. The zero-order valence-corrected chi connectivity index (χ0v) is 15.4. The Morgan fingerprint density at radius 1 is 1.04 bits per heavy atom. The summed E-state index contributed by atoms with van der Waals surface area (Å²) in [6.07, 6.45) is 2.72. The van der Waals surface area contributed by atoms with Crippen molar-refractivity contribution >= 4 is 11.6 Å². The molecule has 1 aliphatic heterocycles. The molecule has 5 nitrogen and oxygen atoms in total. The molecule has 0 aliphatic carbocycles. The van der Waals surface area contributed by atoms with Crippen molar-refractivity contribution in [2.75, 3.05) is 32.6 Å². The highest BCUT2D eigenvalue weighted by atomic mass is 16.5. The highest BCUT2D eigenvalue weighted by molar-refractivity contribution is 5.92. The summed E-state index contributed by atoms with van der Waals surface area (Å²) in [7, 11) is 3.77. The quantitative estimate of drug-likeness (QED) is 0.864. The van der Waals surface area contributed by atoms with Crippen molar-refractivity contribution in [3.63, 3.8) is 0 Å². The maximum Gasteiger partial charge on any atom is 0.228 e. The number of nitrogens with zero attached hydrogens (tertiary/aromatic N) is 1. The molecule has 26 heavy (non-hydrogen) atoms. The van der Waals surface area contributed by atoms with Crippen LogP contribution < -0.4 is 14.8 Å². The third kappa shape index (κ3) is 5.23. The molecule has 0 unspecified atom stereocenters. The molecular formula is C21H26N2O3. The molecule has 1 amide bonds. The van der Waals surface area contributed by atoms with Gasteiger partial charge in [0, 0.05) is 18.8 Å². The Balaban J connectivity index is 1.49. The van der Waals surface area contributed by atoms with Gasteiger partial charge in [-0.15, -0.1) is 0 Å². The average molecular weight is 354 g/mol. The molecule has 3 rings (SSSR count). The van der Waals surface area contributed by atoms with Gasteiger partial charge in [-0.2, -0.15) is 0 Å². The van der Waals surface area contributed by atoms with Gasteiger partial charge in [-0.25, -0.2) is 0 Å². The largest absolute Gasteiger partial charge is 0.497 e. The summed E-state index contributed by atoms with van der Waals surface area (Å²) in [5.74, 6) is 1.60. The molecule has 0 radical (unpaired) electrons. The lowest BCUT2D eigenvalue weighted by Crippen LogP contribution is -2.35. The molecule has 2 aromatic rings. The number of amides is 1. The molecule has 0 saturated carbocycles. The van der Waals surface area contributed by atoms with Gasteiger partial charge in [0.15, 0.2) is 0 Å². The number of piperidine rings is 1. The number of hydrogen-bond acceptors (Lipinski definition) is 4. The number of ether oxygens (including phenoxy) is 2. The van der Waals surface area contributed by atoms with Crippen molar-refractivity contribution < 1.29 is 14.3 Å². The standard InChI is InChI=1S/C21H26N2O3/c1-23-13-11-20(12-14-23)26-19-9-5-17(6-10-19)22-21(24)15-16-3-7-18(25-2)8-4-16/h3-10,20H,11-15H2,1-2H3,(H,22,24). The van der Waals surface area contributed by atoms with Crippen molar-refractivity contribution in [3.05, 3.63) is 54.1 Å². The first kappa shape index (κ1) is 18.3. The summed E-state index contributed by atoms with van der Waals surface area (Å²) in [6, 6.07) is 15.1. The van der Waals surface area contributed by atoms with Crippen molar-refractivity contribution in [2.45, 2.75) is 25.4 Å². The average Bonchev–Trinajstić information content (AvgIpc) is 2.66. The lowest BCUT2D eigenvalue weighted by Gasteiger charge is -2.29. The number of carbonyl (C=O) groups excluding carboxylic acids is 1. The third-order valence-corrected chi connectivity index (χ3v) is 4.63. The van der Waals surface area contributed by atoms with E-state index >= 15 is 0 Å². The molecule has 2 aromatic carbocycles. The van der Waals surface area contributed by atoms with Crippen LogP contribution in [0, 0.1) is 0 Å². The van der Waals surface area contributed by atoms with Gasteiger partial charge in [0.1, 0.15) is 17.6 Å². The number of hydrogen-bond donors (Lipinski definition) is 1. The van der Waals surface area contributed by atoms with Crippen LogP contribution in [0.5, 0.6) is 11.5 Å². The lowest BCUT2D eigenvalue weighted by atomic mass is 10.1. The first-order valence-corrected chi connectivity index (χ1v) is 9.00. The summed E-state index contributed by atoms with van der Waals surface area (Å²) in [6.45, 7) is 2.15. The molecule has 1 aliphatic rings. The van der Waals surface area contributed by atoms with Gasteiger partial charge in [0.05, 0.1) is 13.5 Å². The van der Waals surface area contributed by atoms with Crippen LogP contribution in [0.4, 0.5) is 5.69 Å². The van der Waals surface area contributed by atoms with E-state index < -0.39 is 0 Å². The Morgan fingerprint density at radius 3 is 2.27 bits per heavy atom. The van der Waals surface area contributed by atoms with Crippen LogP contribution in [0.15, 0.2) is 48.5 Å². The molecule has 0 aromatic heterocycles. The molecular weight excluding hydrogens is 328 g/mol. The Labute approximate surface area is 154 Å². The molecule has 5 heteroatoms. The predicted octanol–water partition coefficient (Wildman–Crippen LogP) is 3.35. The van der Waals surface area contributed by atoms with Gasteiger partial charge in [-0.3, -0.25) is 4.79 Å². The summed E-state index contributed by atoms with van der Waals surface area (Å²) in [4.78, 5) is 14.5. The number of rotatable bonds is 6. The number of benzene rings is 2. The van der Waals surface area contributed by atoms with Gasteiger partial charge < -0.3 is 19.7 Å². The second-order valence-electron chi connectivity index (χ2n) is 6.72. The monoisotopic (exact) mass is 354 g/mol. The van der Waals surface area contributed by atoms with Gasteiger partial charge in [-0.05, 0) is 61.9 Å². The maximum absolute atomic E-state index is 12.2. The van der Waals surface area contributed by atoms with Gasteiger partial charge in [0.25, 0.3) is 0 Å². The van der Waals surface area contributed by atoms with E-state index in [2.05, 4.69) is 17.3 Å². The molecule has 1 fully saturated rings. The van der Waals surface area contributed by atoms with Crippen molar-refractivity contribution in [1.82, 2.24) is 4.90 Å². The van der Waals surface area contributed by atoms with E-state index in [0.29, 0.717) is 6.42 Å². The van der Waals surface area contributed by atoms with Crippen LogP contribution in [0.2, 0.25) is 0 Å². The van der Waals surface area contributed by atoms with Crippen molar-refractivity contribution in [3.8, 4) is 11.5 Å². The zero-order chi connectivity index (χ0) is 18.4. The first-order chi connectivity index (χ1) is 12.6. The molecule has 0 spiro atoms. The number of methoxy groups -OCH3 is 1. The second kappa shape index (κ2) is 8.72. The van der Waals surface area contributed by atoms with E-state index in [9.17, 15) is 4.79 Å². The number of carbonyl (C=O) groups is 1. The van der Waals surface area contributed by atoms with Gasteiger partial charge in [-0.1, -0.05) is 12.1 Å². The molecule has 0 bridgehead atoms. The van der Waals surface area contributed by atoms with E-state index in [1.165, 1.54) is 0 Å². The van der Waals surface area contributed by atoms with E-state index in [1.807, 2.05) is 48.5 Å². The maximum atomic E-state index is 12.2. The summed E-state index contributed by atoms with van der Waals surface area (Å²) in [5.41, 5.74) is 1.73. The lowest BCUT2D eigenvalue weighted by molar-refractivity contribution is -0.115. The Bertz CT molecular complexity index is 705. The fourth-order valence-electron chi connectivity index (χ4n) is 3.05. The van der Waals surface area contributed by atoms with E-state index in [-0.39, 0.29) is 12.0 Å². The van der Waals surface area contributed by atoms with Gasteiger partial charge in [0.2, 0.25) is 5.91 Å². The highest BCUT2D eigenvalue weighted by Crippen LogP contribution is 2.21. The molecule has 138 valence electrons. The van der Waals surface area contributed by atoms with E-state index in [1.54, 1.807) is 7.11 Å². The summed E-state index contributed by atoms with van der Waals surface area (Å²) in [5, 5.41) is 2.92. The van der Waals surface area contributed by atoms with Crippen LogP contribution in [0.1, 0.15) is 18.4 Å². The SMILES string of the molecule is COc1ccc(CC(=O)Nc2ccc(OC3CCN(C)CC3)cc2)cc1. The minimum Gasteiger partial charge on any atom is -0.497 e. The van der Waals surface area contributed by atoms with Crippen LogP contribution in [-0.4, -0.2) is 44.2 Å². The van der Waals surface area contributed by atoms with Crippen LogP contribution in [0.25, 0.3) is 0 Å². The third-order valence-electron chi connectivity index (χ3n) is 4.63. The van der Waals surface area contributed by atoms with Crippen molar-refractivity contribution in [2.24, 2.45) is 0 Å². The normalized spacial score (nSPS) is 15.5. The fourth-order valence-corrected chi connectivity index (χ4v) is 3.05. The second-order valence-corrected chi connectivity index (χ2v) is 6.72. The van der Waals surface area contributed by atoms with Crippen LogP contribution in [0.3, 0.4) is 0 Å². The Kier molecular flexibility index (Phi) is 6.12. The molecule has 1 saturated heterocycles. The summed E-state index contributed by atoms with van der Waals surface area (Å²) < 4.78 is 11.2. The number of likely N-dealkylation sites (tertiary alicyclic amines) is 1. The number of anilines is 1. The minimum absolute atomic E-state index is 0.0425. The van der Waals surface area contributed by atoms with Gasteiger partial charge >= 0.3 is 0 Å². The topological polar surface area (TPSA) is 50.8 Å². The summed E-state index contributed by atoms with van der Waals surface area (Å²) >= 11 is 0. The highest BCUT2D eigenvalue weighted by Gasteiger charge is 2.17. The van der Waals surface area contributed by atoms with Crippen LogP contribution >= 0.6 is 0 Å². The Morgan fingerprint density at radius 2 is 1.65 bits per heavy atom. The fraction of sp³-hybridized carbons (Fsp3) is 0.381. The van der Waals surface area contributed by atoms with E-state index in [4.69, 9.17) is 9.47 Å². The van der Waals surface area contributed by atoms with Crippen LogP contribution in [-0.2, 0) is 11.2 Å². The smallest absolute Gasteiger partial charge is 0.228 e. The predicted molar refractivity (Wildman–Crippen MR) is 103 cm³/mol. The molecule has 1 N–H and O–H groups in total. The van der Waals surface area contributed by atoms with Crippen molar-refractivity contribution in [1.29, 1.82) is 0 Å². The number of nitrogens with one attached hydrogen (secondary N) is 1. The minimum atomic E-state index is -0.0425.